The zero-order valence-electron chi connectivity index (χ0n) is 27.3. The maximum absolute atomic E-state index is 13.8. The summed E-state index contributed by atoms with van der Waals surface area (Å²) in [6, 6.07) is 11.2. The summed E-state index contributed by atoms with van der Waals surface area (Å²) in [4.78, 5) is 33.2. The molecule has 1 saturated heterocycles. The molecule has 0 saturated carbocycles. The van der Waals surface area contributed by atoms with E-state index in [0.717, 1.165) is 25.0 Å². The van der Waals surface area contributed by atoms with Crippen LogP contribution in [0.2, 0.25) is 5.02 Å². The lowest BCUT2D eigenvalue weighted by atomic mass is 10.1. The number of hydrogen-bond donors (Lipinski definition) is 1. The van der Waals surface area contributed by atoms with Crippen LogP contribution in [0.4, 0.5) is 20.3 Å². The predicted molar refractivity (Wildman–Crippen MR) is 184 cm³/mol. The largest absolute Gasteiger partial charge is 0.492 e. The number of nitrogens with zero attached hydrogens (tertiary/aromatic N) is 4. The van der Waals surface area contributed by atoms with Gasteiger partial charge >= 0.3 is 0 Å². The van der Waals surface area contributed by atoms with Crippen molar-refractivity contribution >= 4 is 40.0 Å². The van der Waals surface area contributed by atoms with Gasteiger partial charge in [-0.3, -0.25) is 9.59 Å². The quantitative estimate of drug-likeness (QED) is 0.118. The molecule has 5 rings (SSSR count). The van der Waals surface area contributed by atoms with Crippen LogP contribution < -0.4 is 20.4 Å². The molecule has 3 heterocycles. The number of pyridine rings is 2. The zero-order chi connectivity index (χ0) is 33.6. The van der Waals surface area contributed by atoms with Crippen LogP contribution in [-0.4, -0.2) is 67.3 Å². The molecule has 8 nitrogen and oxygen atoms in total. The highest BCUT2D eigenvalue weighted by molar-refractivity contribution is 6.32. The lowest BCUT2D eigenvalue weighted by Gasteiger charge is -2.37. The van der Waals surface area contributed by atoms with Crippen molar-refractivity contribution in [3.63, 3.8) is 0 Å². The second kappa shape index (κ2) is 15.3. The number of carbonyl (C=O) groups is 1. The number of unbranched alkanes of at least 4 members (excludes halogenated alkanes) is 4. The fourth-order valence-electron chi connectivity index (χ4n) is 6.19. The molecule has 250 valence electrons. The van der Waals surface area contributed by atoms with E-state index in [-0.39, 0.29) is 16.6 Å². The van der Waals surface area contributed by atoms with Gasteiger partial charge in [-0.1, -0.05) is 24.4 Å². The highest BCUT2D eigenvalue weighted by Crippen LogP contribution is 2.29. The number of piperidine rings is 1. The standard InChI is InChI=1S/C36H42ClF2N5O3/c1-42(2)33-15-13-29-34(45)30(36(46)40-27-21-25(38)20-26(39)22-27)24-43(35(29)41-33)28-12-14-32(31(37)23-28)47-19-11-6-4-5-8-16-44(3)17-9-7-10-18-44/h12-15,20-24H,4-11,16-19H2,1-3H3/p+1. The molecule has 1 fully saturated rings. The lowest BCUT2D eigenvalue weighted by Crippen LogP contribution is -2.48. The van der Waals surface area contributed by atoms with Gasteiger partial charge in [-0.25, -0.2) is 13.8 Å². The maximum atomic E-state index is 13.8. The zero-order valence-corrected chi connectivity index (χ0v) is 28.1. The number of amides is 1. The molecule has 11 heteroatoms. The summed E-state index contributed by atoms with van der Waals surface area (Å²) in [5.41, 5.74) is -0.0546. The molecule has 0 radical (unpaired) electrons. The number of quaternary nitrogens is 1. The number of carbonyl (C=O) groups excluding carboxylic acids is 1. The smallest absolute Gasteiger partial charge is 0.261 e. The molecule has 47 heavy (non-hydrogen) atoms. The number of hydrogen-bond acceptors (Lipinski definition) is 5. The Morgan fingerprint density at radius 3 is 2.38 bits per heavy atom. The molecule has 1 N–H and O–H groups in total. The van der Waals surface area contributed by atoms with Gasteiger partial charge in [0.1, 0.15) is 28.8 Å². The van der Waals surface area contributed by atoms with Crippen molar-refractivity contribution in [1.29, 1.82) is 0 Å². The predicted octanol–water partition coefficient (Wildman–Crippen LogP) is 7.60. The van der Waals surface area contributed by atoms with Crippen molar-refractivity contribution in [3.05, 3.63) is 87.2 Å². The minimum atomic E-state index is -0.854. The molecule has 0 bridgehead atoms. The number of rotatable bonds is 13. The summed E-state index contributed by atoms with van der Waals surface area (Å²) < 4.78 is 36.4. The Morgan fingerprint density at radius 2 is 1.68 bits per heavy atom. The van der Waals surface area contributed by atoms with Gasteiger partial charge in [0, 0.05) is 37.7 Å². The molecule has 2 aromatic heterocycles. The minimum Gasteiger partial charge on any atom is -0.492 e. The summed E-state index contributed by atoms with van der Waals surface area (Å²) in [7, 11) is 6.06. The van der Waals surface area contributed by atoms with Gasteiger partial charge in [0.25, 0.3) is 5.91 Å². The van der Waals surface area contributed by atoms with Gasteiger partial charge in [0.2, 0.25) is 5.43 Å². The van der Waals surface area contributed by atoms with Crippen LogP contribution in [0.25, 0.3) is 16.7 Å². The first-order chi connectivity index (χ1) is 22.5. The molecule has 2 aromatic carbocycles. The van der Waals surface area contributed by atoms with E-state index in [4.69, 9.17) is 16.3 Å². The second-order valence-corrected chi connectivity index (χ2v) is 13.3. The van der Waals surface area contributed by atoms with E-state index in [9.17, 15) is 18.4 Å². The molecule has 0 unspecified atom stereocenters. The number of halogens is 3. The monoisotopic (exact) mass is 666 g/mol. The molecule has 0 spiro atoms. The van der Waals surface area contributed by atoms with Crippen LogP contribution in [0, 0.1) is 11.6 Å². The third-order valence-corrected chi connectivity index (χ3v) is 9.14. The van der Waals surface area contributed by atoms with E-state index in [0.29, 0.717) is 40.6 Å². The van der Waals surface area contributed by atoms with Crippen molar-refractivity contribution in [2.45, 2.75) is 51.4 Å². The van der Waals surface area contributed by atoms with Crippen LogP contribution in [0.1, 0.15) is 61.7 Å². The first-order valence-electron chi connectivity index (χ1n) is 16.3. The average molecular weight is 667 g/mol. The average Bonchev–Trinajstić information content (AvgIpc) is 3.02. The van der Waals surface area contributed by atoms with Crippen molar-refractivity contribution < 1.29 is 22.8 Å². The van der Waals surface area contributed by atoms with Crippen molar-refractivity contribution in [2.24, 2.45) is 0 Å². The highest BCUT2D eigenvalue weighted by atomic mass is 35.5. The van der Waals surface area contributed by atoms with Gasteiger partial charge in [0.05, 0.1) is 43.7 Å². The Bertz CT molecular complexity index is 1770. The summed E-state index contributed by atoms with van der Waals surface area (Å²) >= 11 is 6.67. The van der Waals surface area contributed by atoms with E-state index in [1.807, 2.05) is 14.1 Å². The summed E-state index contributed by atoms with van der Waals surface area (Å²) in [6.45, 7) is 4.45. The van der Waals surface area contributed by atoms with E-state index in [1.165, 1.54) is 68.8 Å². The Balaban J connectivity index is 1.29. The van der Waals surface area contributed by atoms with Crippen LogP contribution in [-0.2, 0) is 0 Å². The third kappa shape index (κ3) is 8.67. The lowest BCUT2D eigenvalue weighted by molar-refractivity contribution is -0.914. The highest BCUT2D eigenvalue weighted by Gasteiger charge is 2.24. The SMILES string of the molecule is CN(C)c1ccc2c(=O)c(C(=O)Nc3cc(F)cc(F)c3)cn(-c3ccc(OCCCCCCC[N+]4(C)CCCCC4)c(Cl)c3)c2n1. The number of fused-ring (bicyclic) bond motifs is 1. The molecular formula is C36H43ClF2N5O3+. The number of aromatic nitrogens is 2. The number of ether oxygens (including phenoxy) is 1. The maximum Gasteiger partial charge on any atom is 0.261 e. The molecular weight excluding hydrogens is 624 g/mol. The van der Waals surface area contributed by atoms with Crippen LogP contribution in [0.5, 0.6) is 5.75 Å². The Kier molecular flexibility index (Phi) is 11.1. The van der Waals surface area contributed by atoms with E-state index >= 15 is 0 Å². The Morgan fingerprint density at radius 1 is 0.979 bits per heavy atom. The van der Waals surface area contributed by atoms with Crippen molar-refractivity contribution in [2.75, 3.05) is 57.6 Å². The second-order valence-electron chi connectivity index (χ2n) is 12.9. The van der Waals surface area contributed by atoms with Gasteiger partial charge in [-0.05, 0) is 81.0 Å². The Labute approximate surface area is 279 Å². The van der Waals surface area contributed by atoms with Crippen LogP contribution >= 0.6 is 11.6 Å². The molecule has 0 atom stereocenters. The number of likely N-dealkylation sites (tertiary alicyclic amines) is 1. The third-order valence-electron chi connectivity index (χ3n) is 8.85. The topological polar surface area (TPSA) is 76.5 Å². The van der Waals surface area contributed by atoms with Crippen LogP contribution in [0.15, 0.2) is 59.5 Å². The van der Waals surface area contributed by atoms with E-state index in [1.54, 1.807) is 39.8 Å². The molecule has 0 aliphatic carbocycles. The first-order valence-corrected chi connectivity index (χ1v) is 16.7. The summed E-state index contributed by atoms with van der Waals surface area (Å²) in [6.07, 6.45) is 11.2. The Hall–Kier alpha value is -4.02. The molecule has 1 aliphatic heterocycles. The van der Waals surface area contributed by atoms with Crippen molar-refractivity contribution in [1.82, 2.24) is 9.55 Å². The van der Waals surface area contributed by atoms with E-state index < -0.39 is 23.0 Å². The van der Waals surface area contributed by atoms with Gasteiger partial charge in [-0.15, -0.1) is 0 Å². The summed E-state index contributed by atoms with van der Waals surface area (Å²) in [5.74, 6) is -1.39. The minimum absolute atomic E-state index is 0.114. The fraction of sp³-hybridized carbons (Fsp3) is 0.417. The fourth-order valence-corrected chi connectivity index (χ4v) is 6.42. The normalized spacial score (nSPS) is 14.3. The number of benzene rings is 2. The number of nitrogens with one attached hydrogen (secondary N) is 1. The van der Waals surface area contributed by atoms with Gasteiger partial charge < -0.3 is 24.0 Å². The van der Waals surface area contributed by atoms with Crippen LogP contribution in [0.3, 0.4) is 0 Å². The van der Waals surface area contributed by atoms with Crippen molar-refractivity contribution in [3.8, 4) is 11.4 Å². The van der Waals surface area contributed by atoms with E-state index in [2.05, 4.69) is 17.3 Å². The van der Waals surface area contributed by atoms with Gasteiger partial charge in [-0.2, -0.15) is 0 Å². The summed E-state index contributed by atoms with van der Waals surface area (Å²) in [5, 5.41) is 2.99. The molecule has 4 aromatic rings. The first kappa shape index (κ1) is 34.3. The number of anilines is 2. The van der Waals surface area contributed by atoms with Gasteiger partial charge in [0.15, 0.2) is 5.65 Å². The molecule has 1 amide bonds. The molecule has 1 aliphatic rings.